The Morgan fingerprint density at radius 2 is 2.07 bits per heavy atom. The highest BCUT2D eigenvalue weighted by molar-refractivity contribution is 7.14. The standard InChI is InChI=1S/C20H25N3O3S/c1-4-12-26-14(2)19(25)23-20-22-18(13-27-20)17-9-7-16(8-10-17)6-5-11-21-15(3)24/h4,7-10,13-14H,1,5-6,11-12H2,2-3H3,(H,21,24)(H,22,23,25). The number of benzene rings is 1. The number of carbonyl (C=O) groups is 2. The van der Waals surface area contributed by atoms with Crippen molar-refractivity contribution in [3.8, 4) is 11.3 Å². The molecule has 0 aliphatic rings. The van der Waals surface area contributed by atoms with E-state index in [9.17, 15) is 9.59 Å². The van der Waals surface area contributed by atoms with Gasteiger partial charge in [0.25, 0.3) is 5.91 Å². The minimum Gasteiger partial charge on any atom is -0.365 e. The Bertz CT molecular complexity index is 771. The molecule has 1 heterocycles. The van der Waals surface area contributed by atoms with Crippen LogP contribution < -0.4 is 10.6 Å². The summed E-state index contributed by atoms with van der Waals surface area (Å²) in [7, 11) is 0. The van der Waals surface area contributed by atoms with Crippen LogP contribution >= 0.6 is 11.3 Å². The van der Waals surface area contributed by atoms with E-state index in [2.05, 4.69) is 34.3 Å². The molecule has 2 N–H and O–H groups in total. The molecule has 0 spiro atoms. The molecule has 0 saturated carbocycles. The van der Waals surface area contributed by atoms with Crippen molar-refractivity contribution in [2.75, 3.05) is 18.5 Å². The highest BCUT2D eigenvalue weighted by Crippen LogP contribution is 2.25. The Balaban J connectivity index is 1.89. The molecule has 1 aromatic heterocycles. The number of hydrogen-bond donors (Lipinski definition) is 2. The number of rotatable bonds is 10. The number of nitrogens with zero attached hydrogens (tertiary/aromatic N) is 1. The van der Waals surface area contributed by atoms with E-state index >= 15 is 0 Å². The van der Waals surface area contributed by atoms with Crippen LogP contribution in [0.5, 0.6) is 0 Å². The van der Waals surface area contributed by atoms with Gasteiger partial charge in [0.2, 0.25) is 5.91 Å². The predicted molar refractivity (Wildman–Crippen MR) is 109 cm³/mol. The number of aryl methyl sites for hydroxylation is 1. The minimum atomic E-state index is -0.563. The second-order valence-corrected chi connectivity index (χ2v) is 6.93. The van der Waals surface area contributed by atoms with Gasteiger partial charge in [-0.05, 0) is 25.3 Å². The zero-order valence-corrected chi connectivity index (χ0v) is 16.5. The van der Waals surface area contributed by atoms with E-state index in [-0.39, 0.29) is 11.8 Å². The summed E-state index contributed by atoms with van der Waals surface area (Å²) in [4.78, 5) is 27.4. The monoisotopic (exact) mass is 387 g/mol. The van der Waals surface area contributed by atoms with Crippen LogP contribution in [-0.2, 0) is 20.7 Å². The number of nitrogens with one attached hydrogen (secondary N) is 2. The van der Waals surface area contributed by atoms with Gasteiger partial charge in [-0.1, -0.05) is 30.3 Å². The van der Waals surface area contributed by atoms with Crippen molar-refractivity contribution in [2.24, 2.45) is 0 Å². The highest BCUT2D eigenvalue weighted by Gasteiger charge is 2.15. The molecule has 0 saturated heterocycles. The Hall–Kier alpha value is -2.51. The van der Waals surface area contributed by atoms with Crippen LogP contribution in [0, 0.1) is 0 Å². The molecule has 2 aromatic rings. The summed E-state index contributed by atoms with van der Waals surface area (Å²) in [5.41, 5.74) is 3.02. The lowest BCUT2D eigenvalue weighted by Crippen LogP contribution is -2.27. The molecule has 0 radical (unpaired) electrons. The van der Waals surface area contributed by atoms with Crippen LogP contribution in [0.15, 0.2) is 42.3 Å². The molecular formula is C20H25N3O3S. The van der Waals surface area contributed by atoms with Crippen LogP contribution in [0.1, 0.15) is 25.8 Å². The SMILES string of the molecule is C=CCOC(C)C(=O)Nc1nc(-c2ccc(CCCNC(C)=O)cc2)cs1. The van der Waals surface area contributed by atoms with Gasteiger partial charge in [-0.25, -0.2) is 4.98 Å². The van der Waals surface area contributed by atoms with Crippen LogP contribution in [0.25, 0.3) is 11.3 Å². The normalized spacial score (nSPS) is 11.6. The Kier molecular flexibility index (Phi) is 8.16. The average molecular weight is 388 g/mol. The van der Waals surface area contributed by atoms with Gasteiger partial charge < -0.3 is 10.1 Å². The lowest BCUT2D eigenvalue weighted by atomic mass is 10.1. The minimum absolute atomic E-state index is 0.00145. The van der Waals surface area contributed by atoms with Crippen molar-refractivity contribution in [2.45, 2.75) is 32.8 Å². The molecule has 0 aliphatic heterocycles. The van der Waals surface area contributed by atoms with Crippen molar-refractivity contribution in [3.63, 3.8) is 0 Å². The Labute approximate surface area is 163 Å². The summed E-state index contributed by atoms with van der Waals surface area (Å²) >= 11 is 1.38. The Morgan fingerprint density at radius 3 is 2.74 bits per heavy atom. The highest BCUT2D eigenvalue weighted by atomic mass is 32.1. The summed E-state index contributed by atoms with van der Waals surface area (Å²) in [6.45, 7) is 7.79. The first kappa shape index (κ1) is 20.8. The summed E-state index contributed by atoms with van der Waals surface area (Å²) < 4.78 is 5.31. The molecule has 0 fully saturated rings. The third kappa shape index (κ3) is 6.96. The van der Waals surface area contributed by atoms with Gasteiger partial charge in [0, 0.05) is 24.4 Å². The largest absolute Gasteiger partial charge is 0.365 e. The first-order valence-electron chi connectivity index (χ1n) is 8.82. The molecule has 1 unspecified atom stereocenters. The van der Waals surface area contributed by atoms with Crippen molar-refractivity contribution in [1.29, 1.82) is 0 Å². The van der Waals surface area contributed by atoms with E-state index in [1.807, 2.05) is 17.5 Å². The third-order valence-electron chi connectivity index (χ3n) is 3.83. The van der Waals surface area contributed by atoms with Crippen LogP contribution in [-0.4, -0.2) is 36.1 Å². The molecule has 27 heavy (non-hydrogen) atoms. The van der Waals surface area contributed by atoms with Gasteiger partial charge in [0.15, 0.2) is 5.13 Å². The zero-order chi connectivity index (χ0) is 19.6. The molecule has 6 nitrogen and oxygen atoms in total. The number of thiazole rings is 1. The van der Waals surface area contributed by atoms with E-state index < -0.39 is 6.10 Å². The summed E-state index contributed by atoms with van der Waals surface area (Å²) in [6, 6.07) is 8.16. The smallest absolute Gasteiger partial charge is 0.255 e. The van der Waals surface area contributed by atoms with Crippen molar-refractivity contribution < 1.29 is 14.3 Å². The first-order valence-corrected chi connectivity index (χ1v) is 9.70. The number of carbonyl (C=O) groups excluding carboxylic acids is 2. The number of anilines is 1. The molecule has 1 atom stereocenters. The molecule has 2 rings (SSSR count). The topological polar surface area (TPSA) is 80.3 Å². The maximum absolute atomic E-state index is 12.0. The molecular weight excluding hydrogens is 362 g/mol. The number of hydrogen-bond acceptors (Lipinski definition) is 5. The lowest BCUT2D eigenvalue weighted by molar-refractivity contribution is -0.125. The number of ether oxygens (including phenoxy) is 1. The van der Waals surface area contributed by atoms with E-state index in [0.29, 0.717) is 18.3 Å². The molecule has 0 aliphatic carbocycles. The van der Waals surface area contributed by atoms with Crippen LogP contribution in [0.4, 0.5) is 5.13 Å². The van der Waals surface area contributed by atoms with Gasteiger partial charge >= 0.3 is 0 Å². The maximum Gasteiger partial charge on any atom is 0.255 e. The van der Waals surface area contributed by atoms with E-state index in [4.69, 9.17) is 4.74 Å². The van der Waals surface area contributed by atoms with Crippen LogP contribution in [0.2, 0.25) is 0 Å². The molecule has 7 heteroatoms. The fourth-order valence-corrected chi connectivity index (χ4v) is 3.08. The van der Waals surface area contributed by atoms with Crippen molar-refractivity contribution in [1.82, 2.24) is 10.3 Å². The van der Waals surface area contributed by atoms with Gasteiger partial charge in [0.1, 0.15) is 6.10 Å². The van der Waals surface area contributed by atoms with Gasteiger partial charge in [0.05, 0.1) is 12.3 Å². The van der Waals surface area contributed by atoms with Gasteiger partial charge in [-0.2, -0.15) is 0 Å². The average Bonchev–Trinajstić information content (AvgIpc) is 3.12. The quantitative estimate of drug-likeness (QED) is 0.484. The number of amides is 2. The second kappa shape index (κ2) is 10.6. The Morgan fingerprint density at radius 1 is 1.33 bits per heavy atom. The zero-order valence-electron chi connectivity index (χ0n) is 15.7. The summed E-state index contributed by atoms with van der Waals surface area (Å²) in [6.07, 6.45) is 2.85. The molecule has 0 bridgehead atoms. The van der Waals surface area contributed by atoms with E-state index in [1.54, 1.807) is 13.0 Å². The molecule has 1 aromatic carbocycles. The van der Waals surface area contributed by atoms with Crippen molar-refractivity contribution in [3.05, 3.63) is 47.9 Å². The molecule has 144 valence electrons. The fraction of sp³-hybridized carbons (Fsp3) is 0.350. The van der Waals surface area contributed by atoms with E-state index in [1.165, 1.54) is 23.8 Å². The van der Waals surface area contributed by atoms with Crippen molar-refractivity contribution >= 4 is 28.3 Å². The fourth-order valence-electron chi connectivity index (χ4n) is 2.36. The summed E-state index contributed by atoms with van der Waals surface area (Å²) in [5.74, 6) is -0.231. The predicted octanol–water partition coefficient (Wildman–Crippen LogP) is 3.41. The molecule has 2 amide bonds. The number of aromatic nitrogens is 1. The third-order valence-corrected chi connectivity index (χ3v) is 4.59. The first-order chi connectivity index (χ1) is 13.0. The van der Waals surface area contributed by atoms with Gasteiger partial charge in [-0.15, -0.1) is 17.9 Å². The lowest BCUT2D eigenvalue weighted by Gasteiger charge is -2.10. The van der Waals surface area contributed by atoms with Gasteiger partial charge in [-0.3, -0.25) is 14.9 Å². The maximum atomic E-state index is 12.0. The van der Waals surface area contributed by atoms with E-state index in [0.717, 1.165) is 24.1 Å². The van der Waals surface area contributed by atoms with Crippen LogP contribution in [0.3, 0.4) is 0 Å². The second-order valence-electron chi connectivity index (χ2n) is 6.07. The summed E-state index contributed by atoms with van der Waals surface area (Å²) in [5, 5.41) is 8.02.